The highest BCUT2D eigenvalue weighted by molar-refractivity contribution is 5.48. The zero-order valence-corrected chi connectivity index (χ0v) is 10.7. The Labute approximate surface area is 114 Å². The Balaban J connectivity index is 2.10. The highest BCUT2D eigenvalue weighted by Crippen LogP contribution is 2.27. The SMILES string of the molecule is Cc1c(OCc2cnc(NN)cn2)cccc1[N+](=O)[O-]. The van der Waals surface area contributed by atoms with Crippen molar-refractivity contribution in [2.45, 2.75) is 13.5 Å². The molecule has 0 fully saturated rings. The number of nitrogens with one attached hydrogen (secondary N) is 1. The van der Waals surface area contributed by atoms with Crippen molar-refractivity contribution in [1.82, 2.24) is 9.97 Å². The number of hydrogen-bond donors (Lipinski definition) is 2. The first-order chi connectivity index (χ1) is 9.61. The molecular formula is C12H13N5O3. The summed E-state index contributed by atoms with van der Waals surface area (Å²) < 4.78 is 5.53. The molecule has 1 aromatic heterocycles. The van der Waals surface area contributed by atoms with Gasteiger partial charge in [0.25, 0.3) is 5.69 Å². The average Bonchev–Trinajstić information content (AvgIpc) is 2.46. The van der Waals surface area contributed by atoms with E-state index in [-0.39, 0.29) is 12.3 Å². The van der Waals surface area contributed by atoms with Gasteiger partial charge in [0.05, 0.1) is 28.6 Å². The lowest BCUT2D eigenvalue weighted by atomic mass is 10.2. The summed E-state index contributed by atoms with van der Waals surface area (Å²) in [6.07, 6.45) is 2.99. The molecule has 0 saturated carbocycles. The standard InChI is InChI=1S/C12H13N5O3/c1-8-10(17(18)19)3-2-4-11(8)20-7-9-5-15-12(16-13)6-14-9/h2-6H,7,13H2,1H3,(H,15,16). The molecule has 0 aliphatic carbocycles. The maximum Gasteiger partial charge on any atom is 0.276 e. The number of nitrogens with two attached hydrogens (primary N) is 1. The lowest BCUT2D eigenvalue weighted by molar-refractivity contribution is -0.385. The van der Waals surface area contributed by atoms with Gasteiger partial charge in [-0.3, -0.25) is 15.1 Å². The van der Waals surface area contributed by atoms with E-state index in [4.69, 9.17) is 10.6 Å². The number of aromatic nitrogens is 2. The van der Waals surface area contributed by atoms with Crippen LogP contribution < -0.4 is 16.0 Å². The van der Waals surface area contributed by atoms with E-state index in [1.165, 1.54) is 18.5 Å². The Hall–Kier alpha value is -2.74. The average molecular weight is 275 g/mol. The minimum atomic E-state index is -0.441. The maximum absolute atomic E-state index is 10.8. The van der Waals surface area contributed by atoms with Gasteiger partial charge in [0.2, 0.25) is 0 Å². The molecule has 0 bridgehead atoms. The first-order valence-electron chi connectivity index (χ1n) is 5.76. The second-order valence-corrected chi connectivity index (χ2v) is 3.98. The van der Waals surface area contributed by atoms with Gasteiger partial charge in [-0.1, -0.05) is 6.07 Å². The number of rotatable bonds is 5. The van der Waals surface area contributed by atoms with Gasteiger partial charge in [-0.05, 0) is 13.0 Å². The molecule has 20 heavy (non-hydrogen) atoms. The van der Waals surface area contributed by atoms with Gasteiger partial charge < -0.3 is 10.2 Å². The van der Waals surface area contributed by atoms with Crippen LogP contribution in [0.1, 0.15) is 11.3 Å². The molecule has 0 aliphatic heterocycles. The van der Waals surface area contributed by atoms with Crippen LogP contribution in [0, 0.1) is 17.0 Å². The van der Waals surface area contributed by atoms with E-state index in [9.17, 15) is 10.1 Å². The summed E-state index contributed by atoms with van der Waals surface area (Å²) in [5, 5.41) is 10.8. The number of nitro benzene ring substituents is 1. The Kier molecular flexibility index (Phi) is 4.06. The van der Waals surface area contributed by atoms with Crippen molar-refractivity contribution in [3.05, 3.63) is 52.0 Å². The van der Waals surface area contributed by atoms with Gasteiger partial charge in [0, 0.05) is 6.07 Å². The molecule has 8 nitrogen and oxygen atoms in total. The molecule has 0 radical (unpaired) electrons. The Morgan fingerprint density at radius 2 is 2.20 bits per heavy atom. The van der Waals surface area contributed by atoms with E-state index >= 15 is 0 Å². The minimum absolute atomic E-state index is 0.0243. The summed E-state index contributed by atoms with van der Waals surface area (Å²) in [5.74, 6) is 6.07. The van der Waals surface area contributed by atoms with Crippen molar-refractivity contribution < 1.29 is 9.66 Å². The quantitative estimate of drug-likeness (QED) is 0.483. The van der Waals surface area contributed by atoms with Crippen LogP contribution in [0.15, 0.2) is 30.6 Å². The van der Waals surface area contributed by atoms with Crippen LogP contribution in [-0.2, 0) is 6.61 Å². The molecule has 104 valence electrons. The van der Waals surface area contributed by atoms with E-state index < -0.39 is 4.92 Å². The number of benzene rings is 1. The van der Waals surface area contributed by atoms with Gasteiger partial charge in [-0.15, -0.1) is 0 Å². The summed E-state index contributed by atoms with van der Waals surface area (Å²) in [7, 11) is 0. The third-order valence-corrected chi connectivity index (χ3v) is 2.68. The maximum atomic E-state index is 10.8. The first kappa shape index (κ1) is 13.7. The van der Waals surface area contributed by atoms with Crippen LogP contribution in [0.4, 0.5) is 11.5 Å². The normalized spacial score (nSPS) is 10.1. The number of nitrogen functional groups attached to an aromatic ring is 1. The molecule has 0 atom stereocenters. The lowest BCUT2D eigenvalue weighted by Crippen LogP contribution is -2.09. The number of nitrogens with zero attached hydrogens (tertiary/aromatic N) is 3. The zero-order valence-electron chi connectivity index (χ0n) is 10.7. The summed E-state index contributed by atoms with van der Waals surface area (Å²) in [6, 6.07) is 4.68. The fourth-order valence-corrected chi connectivity index (χ4v) is 1.61. The molecule has 2 aromatic rings. The molecular weight excluding hydrogens is 262 g/mol. The van der Waals surface area contributed by atoms with Crippen molar-refractivity contribution in [2.75, 3.05) is 5.43 Å². The van der Waals surface area contributed by atoms with Crippen molar-refractivity contribution >= 4 is 11.5 Å². The van der Waals surface area contributed by atoms with Crippen LogP contribution in [0.5, 0.6) is 5.75 Å². The minimum Gasteiger partial charge on any atom is -0.487 e. The summed E-state index contributed by atoms with van der Waals surface area (Å²) in [5.41, 5.74) is 3.46. The third-order valence-electron chi connectivity index (χ3n) is 2.68. The Bertz CT molecular complexity index is 615. The van der Waals surface area contributed by atoms with Crippen LogP contribution >= 0.6 is 0 Å². The summed E-state index contributed by atoms with van der Waals surface area (Å²) >= 11 is 0. The number of hydrogen-bond acceptors (Lipinski definition) is 7. The van der Waals surface area contributed by atoms with Crippen LogP contribution in [0.2, 0.25) is 0 Å². The molecule has 0 amide bonds. The van der Waals surface area contributed by atoms with E-state index in [0.717, 1.165) is 0 Å². The monoisotopic (exact) mass is 275 g/mol. The highest BCUT2D eigenvalue weighted by atomic mass is 16.6. The van der Waals surface area contributed by atoms with Crippen molar-refractivity contribution in [2.24, 2.45) is 5.84 Å². The summed E-state index contributed by atoms with van der Waals surface area (Å²) in [4.78, 5) is 18.5. The summed E-state index contributed by atoms with van der Waals surface area (Å²) in [6.45, 7) is 1.81. The van der Waals surface area contributed by atoms with E-state index in [0.29, 0.717) is 22.8 Å². The molecule has 1 aromatic carbocycles. The Morgan fingerprint density at radius 1 is 1.40 bits per heavy atom. The molecule has 0 unspecified atom stereocenters. The smallest absolute Gasteiger partial charge is 0.276 e. The van der Waals surface area contributed by atoms with Gasteiger partial charge in [-0.25, -0.2) is 10.8 Å². The number of nitro groups is 1. The zero-order chi connectivity index (χ0) is 14.5. The largest absolute Gasteiger partial charge is 0.487 e. The second-order valence-electron chi connectivity index (χ2n) is 3.98. The predicted octanol–water partition coefficient (Wildman–Crippen LogP) is 1.56. The fraction of sp³-hybridized carbons (Fsp3) is 0.167. The fourth-order valence-electron chi connectivity index (χ4n) is 1.61. The van der Waals surface area contributed by atoms with Crippen molar-refractivity contribution in [1.29, 1.82) is 0 Å². The van der Waals surface area contributed by atoms with Gasteiger partial charge in [-0.2, -0.15) is 0 Å². The first-order valence-corrected chi connectivity index (χ1v) is 5.76. The molecule has 1 heterocycles. The van der Waals surface area contributed by atoms with E-state index in [1.54, 1.807) is 19.1 Å². The van der Waals surface area contributed by atoms with Gasteiger partial charge in [0.15, 0.2) is 5.82 Å². The third kappa shape index (κ3) is 2.98. The molecule has 8 heteroatoms. The number of ether oxygens (including phenoxy) is 1. The topological polar surface area (TPSA) is 116 Å². The van der Waals surface area contributed by atoms with Crippen LogP contribution in [0.25, 0.3) is 0 Å². The molecule has 0 saturated heterocycles. The van der Waals surface area contributed by atoms with Crippen LogP contribution in [0.3, 0.4) is 0 Å². The van der Waals surface area contributed by atoms with Gasteiger partial charge in [0.1, 0.15) is 12.4 Å². The van der Waals surface area contributed by atoms with E-state index in [2.05, 4.69) is 15.4 Å². The number of anilines is 1. The number of hydrazine groups is 1. The molecule has 0 spiro atoms. The Morgan fingerprint density at radius 3 is 2.80 bits per heavy atom. The lowest BCUT2D eigenvalue weighted by Gasteiger charge is -2.08. The van der Waals surface area contributed by atoms with Crippen molar-refractivity contribution in [3.8, 4) is 5.75 Å². The van der Waals surface area contributed by atoms with Crippen molar-refractivity contribution in [3.63, 3.8) is 0 Å². The second kappa shape index (κ2) is 5.93. The molecule has 3 N–H and O–H groups in total. The highest BCUT2D eigenvalue weighted by Gasteiger charge is 2.14. The van der Waals surface area contributed by atoms with Crippen LogP contribution in [-0.4, -0.2) is 14.9 Å². The van der Waals surface area contributed by atoms with Gasteiger partial charge >= 0.3 is 0 Å². The van der Waals surface area contributed by atoms with E-state index in [1.807, 2.05) is 0 Å². The predicted molar refractivity (Wildman–Crippen MR) is 72.0 cm³/mol. The molecule has 2 rings (SSSR count). The molecule has 0 aliphatic rings.